The maximum absolute atomic E-state index is 12.9. The molecule has 2 rings (SSSR count). The van der Waals surface area contributed by atoms with E-state index in [2.05, 4.69) is 15.4 Å². The molecule has 1 aromatic heterocycles. The van der Waals surface area contributed by atoms with Crippen molar-refractivity contribution < 1.29 is 9.18 Å². The van der Waals surface area contributed by atoms with E-state index in [1.165, 1.54) is 12.1 Å². The molecular formula is C12H14FN5O. The average molecular weight is 263 g/mol. The van der Waals surface area contributed by atoms with Crippen LogP contribution in [0, 0.1) is 5.82 Å². The first kappa shape index (κ1) is 13.0. The molecule has 0 saturated heterocycles. The molecule has 0 bridgehead atoms. The summed E-state index contributed by atoms with van der Waals surface area (Å²) in [7, 11) is 1.77. The summed E-state index contributed by atoms with van der Waals surface area (Å²) in [5.41, 5.74) is 5.96. The van der Waals surface area contributed by atoms with Gasteiger partial charge in [0.2, 0.25) is 0 Å². The van der Waals surface area contributed by atoms with E-state index in [1.54, 1.807) is 18.1 Å². The molecule has 0 saturated carbocycles. The van der Waals surface area contributed by atoms with Gasteiger partial charge >= 0.3 is 0 Å². The summed E-state index contributed by atoms with van der Waals surface area (Å²) >= 11 is 0. The lowest BCUT2D eigenvalue weighted by Gasteiger charge is -2.06. The predicted molar refractivity (Wildman–Crippen MR) is 67.9 cm³/mol. The van der Waals surface area contributed by atoms with Crippen LogP contribution in [-0.2, 0) is 13.5 Å². The molecule has 100 valence electrons. The standard InChI is InChI=1S/C12H14FN5O/c1-18-7-16-11(17-18)4-5-15-12(19)9-3-2-8(13)6-10(9)14/h2-3,6-7H,4-5,14H2,1H3,(H,15,19). The molecule has 3 N–H and O–H groups in total. The molecule has 0 aliphatic rings. The minimum Gasteiger partial charge on any atom is -0.398 e. The van der Waals surface area contributed by atoms with Crippen LogP contribution in [0.15, 0.2) is 24.5 Å². The van der Waals surface area contributed by atoms with Gasteiger partial charge in [-0.1, -0.05) is 0 Å². The lowest BCUT2D eigenvalue weighted by atomic mass is 10.1. The van der Waals surface area contributed by atoms with Crippen molar-refractivity contribution in [1.82, 2.24) is 20.1 Å². The van der Waals surface area contributed by atoms with E-state index in [0.29, 0.717) is 18.8 Å². The number of nitrogens with zero attached hydrogens (tertiary/aromatic N) is 3. The number of halogens is 1. The highest BCUT2D eigenvalue weighted by Crippen LogP contribution is 2.12. The highest BCUT2D eigenvalue weighted by Gasteiger charge is 2.10. The van der Waals surface area contributed by atoms with E-state index < -0.39 is 5.82 Å². The zero-order valence-corrected chi connectivity index (χ0v) is 10.4. The van der Waals surface area contributed by atoms with Crippen LogP contribution in [-0.4, -0.2) is 27.2 Å². The Labute approximate surface area is 109 Å². The maximum atomic E-state index is 12.9. The fraction of sp³-hybridized carbons (Fsp3) is 0.250. The third-order valence-corrected chi connectivity index (χ3v) is 2.54. The van der Waals surface area contributed by atoms with Gasteiger partial charge in [0, 0.05) is 25.7 Å². The number of nitrogens with one attached hydrogen (secondary N) is 1. The molecule has 0 aliphatic heterocycles. The summed E-state index contributed by atoms with van der Waals surface area (Å²) in [6.45, 7) is 0.389. The lowest BCUT2D eigenvalue weighted by Crippen LogP contribution is -2.26. The molecule has 0 fully saturated rings. The highest BCUT2D eigenvalue weighted by molar-refractivity contribution is 5.99. The number of carbonyl (C=O) groups is 1. The predicted octanol–water partition coefficient (Wildman–Crippen LogP) is 0.509. The number of hydrogen-bond donors (Lipinski definition) is 2. The number of nitrogens with two attached hydrogens (primary N) is 1. The van der Waals surface area contributed by atoms with E-state index in [4.69, 9.17) is 5.73 Å². The van der Waals surface area contributed by atoms with Crippen LogP contribution in [0.1, 0.15) is 16.2 Å². The number of benzene rings is 1. The number of aryl methyl sites for hydroxylation is 1. The smallest absolute Gasteiger partial charge is 0.253 e. The van der Waals surface area contributed by atoms with Crippen molar-refractivity contribution in [3.63, 3.8) is 0 Å². The molecular weight excluding hydrogens is 249 g/mol. The van der Waals surface area contributed by atoms with Gasteiger partial charge in [-0.05, 0) is 18.2 Å². The number of aromatic nitrogens is 3. The first-order chi connectivity index (χ1) is 9.06. The molecule has 6 nitrogen and oxygen atoms in total. The Morgan fingerprint density at radius 2 is 2.32 bits per heavy atom. The van der Waals surface area contributed by atoms with Gasteiger partial charge in [0.05, 0.1) is 5.56 Å². The molecule has 0 spiro atoms. The average Bonchev–Trinajstić information content (AvgIpc) is 2.75. The van der Waals surface area contributed by atoms with Crippen LogP contribution in [0.2, 0.25) is 0 Å². The van der Waals surface area contributed by atoms with Gasteiger partial charge in [-0.25, -0.2) is 9.37 Å². The van der Waals surface area contributed by atoms with Crippen LogP contribution in [0.3, 0.4) is 0 Å². The second kappa shape index (κ2) is 5.47. The van der Waals surface area contributed by atoms with Gasteiger partial charge in [-0.2, -0.15) is 5.10 Å². The van der Waals surface area contributed by atoms with Crippen molar-refractivity contribution in [2.24, 2.45) is 7.05 Å². The summed E-state index contributed by atoms with van der Waals surface area (Å²) in [4.78, 5) is 15.9. The summed E-state index contributed by atoms with van der Waals surface area (Å²) < 4.78 is 14.4. The van der Waals surface area contributed by atoms with E-state index in [1.807, 2.05) is 0 Å². The fourth-order valence-electron chi connectivity index (χ4n) is 1.62. The van der Waals surface area contributed by atoms with Crippen molar-refractivity contribution >= 4 is 11.6 Å². The van der Waals surface area contributed by atoms with Crippen LogP contribution in [0.25, 0.3) is 0 Å². The molecule has 1 amide bonds. The SMILES string of the molecule is Cn1cnc(CCNC(=O)c2ccc(F)cc2N)n1. The Morgan fingerprint density at radius 1 is 1.53 bits per heavy atom. The third-order valence-electron chi connectivity index (χ3n) is 2.54. The largest absolute Gasteiger partial charge is 0.398 e. The molecule has 0 radical (unpaired) electrons. The molecule has 1 aromatic carbocycles. The van der Waals surface area contributed by atoms with Crippen LogP contribution in [0.5, 0.6) is 0 Å². The first-order valence-electron chi connectivity index (χ1n) is 5.74. The van der Waals surface area contributed by atoms with Gasteiger partial charge in [0.1, 0.15) is 12.1 Å². The number of rotatable bonds is 4. The number of nitrogen functional groups attached to an aromatic ring is 1. The molecule has 7 heteroatoms. The number of hydrogen-bond acceptors (Lipinski definition) is 4. The monoisotopic (exact) mass is 263 g/mol. The maximum Gasteiger partial charge on any atom is 0.253 e. The first-order valence-corrected chi connectivity index (χ1v) is 5.74. The van der Waals surface area contributed by atoms with Gasteiger partial charge in [-0.15, -0.1) is 0 Å². The third kappa shape index (κ3) is 3.27. The van der Waals surface area contributed by atoms with Gasteiger partial charge < -0.3 is 11.1 Å². The number of anilines is 1. The Morgan fingerprint density at radius 3 is 2.95 bits per heavy atom. The van der Waals surface area contributed by atoms with Crippen molar-refractivity contribution in [1.29, 1.82) is 0 Å². The molecule has 2 aromatic rings. The van der Waals surface area contributed by atoms with Crippen molar-refractivity contribution in [3.05, 3.63) is 41.7 Å². The van der Waals surface area contributed by atoms with Crippen LogP contribution < -0.4 is 11.1 Å². The molecule has 0 unspecified atom stereocenters. The molecule has 19 heavy (non-hydrogen) atoms. The fourth-order valence-corrected chi connectivity index (χ4v) is 1.62. The van der Waals surface area contributed by atoms with E-state index in [0.717, 1.165) is 6.07 Å². The number of carbonyl (C=O) groups excluding carboxylic acids is 1. The summed E-state index contributed by atoms with van der Waals surface area (Å²) in [6, 6.07) is 3.68. The Hall–Kier alpha value is -2.44. The van der Waals surface area contributed by atoms with E-state index in [9.17, 15) is 9.18 Å². The van der Waals surface area contributed by atoms with Gasteiger partial charge in [-0.3, -0.25) is 9.48 Å². The lowest BCUT2D eigenvalue weighted by molar-refractivity contribution is 0.0955. The van der Waals surface area contributed by atoms with Crippen molar-refractivity contribution in [2.45, 2.75) is 6.42 Å². The Kier molecular flexibility index (Phi) is 3.74. The van der Waals surface area contributed by atoms with Gasteiger partial charge in [0.15, 0.2) is 5.82 Å². The van der Waals surface area contributed by atoms with Crippen molar-refractivity contribution in [2.75, 3.05) is 12.3 Å². The zero-order valence-electron chi connectivity index (χ0n) is 10.4. The second-order valence-corrected chi connectivity index (χ2v) is 4.07. The quantitative estimate of drug-likeness (QED) is 0.787. The van der Waals surface area contributed by atoms with Crippen LogP contribution >= 0.6 is 0 Å². The summed E-state index contributed by atoms with van der Waals surface area (Å²) in [5.74, 6) is -0.157. The minimum atomic E-state index is -0.466. The topological polar surface area (TPSA) is 85.8 Å². The summed E-state index contributed by atoms with van der Waals surface area (Å²) in [5, 5.41) is 6.78. The van der Waals surface area contributed by atoms with E-state index in [-0.39, 0.29) is 17.2 Å². The zero-order chi connectivity index (χ0) is 13.8. The Bertz CT molecular complexity index is 596. The molecule has 1 heterocycles. The molecule has 0 aliphatic carbocycles. The minimum absolute atomic E-state index is 0.119. The summed E-state index contributed by atoms with van der Waals surface area (Å²) in [6.07, 6.45) is 2.11. The highest BCUT2D eigenvalue weighted by atomic mass is 19.1. The Balaban J connectivity index is 1.90. The van der Waals surface area contributed by atoms with Crippen molar-refractivity contribution in [3.8, 4) is 0 Å². The van der Waals surface area contributed by atoms with Gasteiger partial charge in [0.25, 0.3) is 5.91 Å². The normalized spacial score (nSPS) is 10.4. The number of amides is 1. The second-order valence-electron chi connectivity index (χ2n) is 4.07. The van der Waals surface area contributed by atoms with Crippen LogP contribution in [0.4, 0.5) is 10.1 Å². The molecule has 0 atom stereocenters. The van der Waals surface area contributed by atoms with E-state index >= 15 is 0 Å².